The first-order valence-corrected chi connectivity index (χ1v) is 8.27. The molecule has 2 nitrogen and oxygen atoms in total. The molecule has 0 bridgehead atoms. The quantitative estimate of drug-likeness (QED) is 0.816. The number of nitrogens with one attached hydrogen (secondary N) is 1. The van der Waals surface area contributed by atoms with Gasteiger partial charge in [0, 0.05) is 17.5 Å². The number of aryl methyl sites for hydroxylation is 1. The molecule has 1 saturated carbocycles. The van der Waals surface area contributed by atoms with Crippen LogP contribution in [0.4, 0.5) is 0 Å². The number of nitrogens with zero attached hydrogens (tertiary/aromatic N) is 1. The molecule has 1 atom stereocenters. The van der Waals surface area contributed by atoms with Gasteiger partial charge in [0.1, 0.15) is 0 Å². The zero-order valence-electron chi connectivity index (χ0n) is 11.7. The molecule has 1 aromatic rings. The SMILES string of the molecule is Cc1ncsc1CCN[C@@H](C)C1CCCCCC1. The maximum atomic E-state index is 4.31. The summed E-state index contributed by atoms with van der Waals surface area (Å²) in [7, 11) is 0. The summed E-state index contributed by atoms with van der Waals surface area (Å²) >= 11 is 1.79. The maximum Gasteiger partial charge on any atom is 0.0797 e. The lowest BCUT2D eigenvalue weighted by atomic mass is 9.93. The van der Waals surface area contributed by atoms with Crippen LogP contribution in [0.25, 0.3) is 0 Å². The van der Waals surface area contributed by atoms with Gasteiger partial charge in [-0.1, -0.05) is 25.7 Å². The highest BCUT2D eigenvalue weighted by Crippen LogP contribution is 2.25. The van der Waals surface area contributed by atoms with Crippen molar-refractivity contribution in [2.24, 2.45) is 5.92 Å². The van der Waals surface area contributed by atoms with Crippen molar-refractivity contribution in [2.75, 3.05) is 6.54 Å². The minimum Gasteiger partial charge on any atom is -0.314 e. The molecule has 1 aliphatic carbocycles. The van der Waals surface area contributed by atoms with Gasteiger partial charge in [-0.2, -0.15) is 0 Å². The van der Waals surface area contributed by atoms with Crippen molar-refractivity contribution < 1.29 is 0 Å². The van der Waals surface area contributed by atoms with Gasteiger partial charge in [-0.3, -0.25) is 0 Å². The molecule has 0 saturated heterocycles. The van der Waals surface area contributed by atoms with Crippen LogP contribution in [0.5, 0.6) is 0 Å². The van der Waals surface area contributed by atoms with Crippen LogP contribution in [0.1, 0.15) is 56.0 Å². The zero-order valence-corrected chi connectivity index (χ0v) is 12.6. The molecule has 0 amide bonds. The molecule has 1 fully saturated rings. The highest BCUT2D eigenvalue weighted by Gasteiger charge is 2.18. The first kappa shape index (κ1) is 14.0. The second kappa shape index (κ2) is 7.25. The number of thiazole rings is 1. The maximum absolute atomic E-state index is 4.31. The van der Waals surface area contributed by atoms with E-state index in [0.29, 0.717) is 6.04 Å². The predicted octanol–water partition coefficient (Wildman–Crippen LogP) is 3.94. The van der Waals surface area contributed by atoms with E-state index >= 15 is 0 Å². The molecule has 1 heterocycles. The monoisotopic (exact) mass is 266 g/mol. The van der Waals surface area contributed by atoms with Crippen molar-refractivity contribution in [2.45, 2.75) is 64.8 Å². The van der Waals surface area contributed by atoms with Gasteiger partial charge in [-0.25, -0.2) is 4.98 Å². The summed E-state index contributed by atoms with van der Waals surface area (Å²) in [6.07, 6.45) is 9.75. The second-order valence-corrected chi connectivity index (χ2v) is 6.54. The average molecular weight is 266 g/mol. The van der Waals surface area contributed by atoms with Gasteiger partial charge in [0.25, 0.3) is 0 Å². The van der Waals surface area contributed by atoms with Crippen LogP contribution in [0.15, 0.2) is 5.51 Å². The molecule has 1 N–H and O–H groups in total. The smallest absolute Gasteiger partial charge is 0.0797 e. The summed E-state index contributed by atoms with van der Waals surface area (Å²) in [6.45, 7) is 5.58. The van der Waals surface area contributed by atoms with Gasteiger partial charge in [-0.15, -0.1) is 11.3 Å². The lowest BCUT2D eigenvalue weighted by Gasteiger charge is -2.23. The van der Waals surface area contributed by atoms with Crippen LogP contribution >= 0.6 is 11.3 Å². The molecule has 0 spiro atoms. The van der Waals surface area contributed by atoms with E-state index in [1.54, 1.807) is 11.3 Å². The molecule has 1 aromatic heterocycles. The third-order valence-electron chi connectivity index (χ3n) is 4.27. The molecule has 102 valence electrons. The molecule has 0 unspecified atom stereocenters. The number of aromatic nitrogens is 1. The summed E-state index contributed by atoms with van der Waals surface area (Å²) in [4.78, 5) is 5.75. The Morgan fingerprint density at radius 3 is 2.67 bits per heavy atom. The van der Waals surface area contributed by atoms with Crippen molar-refractivity contribution in [1.29, 1.82) is 0 Å². The molecule has 2 rings (SSSR count). The van der Waals surface area contributed by atoms with Gasteiger partial charge < -0.3 is 5.32 Å². The molecule has 0 aromatic carbocycles. The Kier molecular flexibility index (Phi) is 5.64. The number of rotatable bonds is 5. The van der Waals surface area contributed by atoms with Crippen molar-refractivity contribution in [3.05, 3.63) is 16.1 Å². The van der Waals surface area contributed by atoms with Crippen LogP contribution in [0, 0.1) is 12.8 Å². The van der Waals surface area contributed by atoms with Crippen LogP contribution in [0.3, 0.4) is 0 Å². The fourth-order valence-corrected chi connectivity index (χ4v) is 3.74. The van der Waals surface area contributed by atoms with Gasteiger partial charge in [0.15, 0.2) is 0 Å². The minimum absolute atomic E-state index is 0.677. The summed E-state index contributed by atoms with van der Waals surface area (Å²) in [5, 5.41) is 3.72. The Morgan fingerprint density at radius 1 is 1.33 bits per heavy atom. The fourth-order valence-electron chi connectivity index (χ4n) is 2.96. The first-order valence-electron chi connectivity index (χ1n) is 7.39. The van der Waals surface area contributed by atoms with E-state index in [0.717, 1.165) is 18.9 Å². The Hall–Kier alpha value is -0.410. The number of hydrogen-bond donors (Lipinski definition) is 1. The largest absolute Gasteiger partial charge is 0.314 e. The topological polar surface area (TPSA) is 24.9 Å². The molecule has 0 aliphatic heterocycles. The lowest BCUT2D eigenvalue weighted by Crippen LogP contribution is -2.34. The van der Waals surface area contributed by atoms with Gasteiger partial charge in [0.2, 0.25) is 0 Å². The Labute approximate surface area is 115 Å². The first-order chi connectivity index (χ1) is 8.77. The summed E-state index contributed by atoms with van der Waals surface area (Å²) < 4.78 is 0. The Balaban J connectivity index is 1.70. The van der Waals surface area contributed by atoms with E-state index in [9.17, 15) is 0 Å². The summed E-state index contributed by atoms with van der Waals surface area (Å²) in [5.41, 5.74) is 3.17. The van der Waals surface area contributed by atoms with Crippen LogP contribution in [-0.2, 0) is 6.42 Å². The molecule has 3 heteroatoms. The predicted molar refractivity (Wildman–Crippen MR) is 79.2 cm³/mol. The van der Waals surface area contributed by atoms with E-state index in [1.165, 1.54) is 49.1 Å². The van der Waals surface area contributed by atoms with Gasteiger partial charge >= 0.3 is 0 Å². The van der Waals surface area contributed by atoms with Crippen molar-refractivity contribution in [1.82, 2.24) is 10.3 Å². The Morgan fingerprint density at radius 2 is 2.06 bits per heavy atom. The average Bonchev–Trinajstić information content (AvgIpc) is 2.64. The molecular formula is C15H26N2S. The van der Waals surface area contributed by atoms with Crippen LogP contribution in [-0.4, -0.2) is 17.6 Å². The fraction of sp³-hybridized carbons (Fsp3) is 0.800. The highest BCUT2D eigenvalue weighted by atomic mass is 32.1. The van der Waals surface area contributed by atoms with Crippen molar-refractivity contribution in [3.63, 3.8) is 0 Å². The van der Waals surface area contributed by atoms with E-state index in [2.05, 4.69) is 24.1 Å². The molecule has 0 radical (unpaired) electrons. The normalized spacial score (nSPS) is 19.7. The van der Waals surface area contributed by atoms with Crippen LogP contribution in [0.2, 0.25) is 0 Å². The van der Waals surface area contributed by atoms with Crippen molar-refractivity contribution >= 4 is 11.3 Å². The van der Waals surface area contributed by atoms with E-state index in [1.807, 2.05) is 5.51 Å². The summed E-state index contributed by atoms with van der Waals surface area (Å²) in [5.74, 6) is 0.898. The highest BCUT2D eigenvalue weighted by molar-refractivity contribution is 7.09. The standard InChI is InChI=1S/C15H26N2S/c1-12(14-7-5-3-4-6-8-14)16-10-9-15-13(2)17-11-18-15/h11-12,14,16H,3-10H2,1-2H3/t12-/m0/s1. The third-order valence-corrected chi connectivity index (χ3v) is 5.27. The molecular weight excluding hydrogens is 240 g/mol. The molecule has 1 aliphatic rings. The van der Waals surface area contributed by atoms with E-state index in [-0.39, 0.29) is 0 Å². The minimum atomic E-state index is 0.677. The summed E-state index contributed by atoms with van der Waals surface area (Å²) in [6, 6.07) is 0.677. The second-order valence-electron chi connectivity index (χ2n) is 5.61. The third kappa shape index (κ3) is 4.06. The van der Waals surface area contributed by atoms with Gasteiger partial charge in [0.05, 0.1) is 11.2 Å². The van der Waals surface area contributed by atoms with E-state index < -0.39 is 0 Å². The van der Waals surface area contributed by atoms with Crippen molar-refractivity contribution in [3.8, 4) is 0 Å². The molecule has 18 heavy (non-hydrogen) atoms. The lowest BCUT2D eigenvalue weighted by molar-refractivity contribution is 0.340. The van der Waals surface area contributed by atoms with Crippen LogP contribution < -0.4 is 5.32 Å². The Bertz CT molecular complexity index is 340. The number of hydrogen-bond acceptors (Lipinski definition) is 3. The zero-order chi connectivity index (χ0) is 12.8. The van der Waals surface area contributed by atoms with E-state index in [4.69, 9.17) is 0 Å². The van der Waals surface area contributed by atoms with Gasteiger partial charge in [-0.05, 0) is 39.0 Å².